The van der Waals surface area contributed by atoms with Crippen LogP contribution in [-0.2, 0) is 0 Å². The van der Waals surface area contributed by atoms with Crippen molar-refractivity contribution in [2.45, 2.75) is 31.7 Å². The van der Waals surface area contributed by atoms with Crippen molar-refractivity contribution in [3.8, 4) is 0 Å². The first kappa shape index (κ1) is 12.6. The summed E-state index contributed by atoms with van der Waals surface area (Å²) in [7, 11) is 0. The summed E-state index contributed by atoms with van der Waals surface area (Å²) < 4.78 is 0.720. The zero-order valence-corrected chi connectivity index (χ0v) is 12.5. The van der Waals surface area contributed by atoms with E-state index in [-0.39, 0.29) is 0 Å². The van der Waals surface area contributed by atoms with Crippen LogP contribution in [0.25, 0.3) is 5.57 Å². The Morgan fingerprint density at radius 3 is 3.11 bits per heavy atom. The van der Waals surface area contributed by atoms with Gasteiger partial charge < -0.3 is 5.32 Å². The Hall–Kier alpha value is -0.380. The van der Waals surface area contributed by atoms with Gasteiger partial charge in [-0.3, -0.25) is 0 Å². The highest BCUT2D eigenvalue weighted by Crippen LogP contribution is 2.36. The molecule has 1 aromatic rings. The second kappa shape index (κ2) is 5.32. The van der Waals surface area contributed by atoms with Crippen molar-refractivity contribution in [1.29, 1.82) is 0 Å². The minimum absolute atomic E-state index is 0.492. The number of piperidine rings is 1. The molecule has 1 N–H and O–H groups in total. The fourth-order valence-corrected chi connectivity index (χ4v) is 3.47. The molecule has 0 amide bonds. The zero-order valence-electron chi connectivity index (χ0n) is 10.1. The van der Waals surface area contributed by atoms with Gasteiger partial charge in [0.25, 0.3) is 0 Å². The monoisotopic (exact) mass is 326 g/mol. The molecule has 1 aliphatic carbocycles. The number of rotatable bonds is 1. The standard InChI is InChI=1S/C14H16BrClN2/c15-14-12(16)7-10(8-18-14)11-5-1-3-9-4-2-6-17-13(9)11/h5,7-9,13,17H,1-4,6H2. The highest BCUT2D eigenvalue weighted by molar-refractivity contribution is 9.10. The van der Waals surface area contributed by atoms with Crippen LogP contribution in [0.5, 0.6) is 0 Å². The largest absolute Gasteiger partial charge is 0.310 e. The third kappa shape index (κ3) is 2.36. The summed E-state index contributed by atoms with van der Waals surface area (Å²) >= 11 is 9.50. The quantitative estimate of drug-likeness (QED) is 0.787. The molecular weight excluding hydrogens is 312 g/mol. The molecule has 0 bridgehead atoms. The summed E-state index contributed by atoms with van der Waals surface area (Å²) in [6, 6.07) is 2.51. The highest BCUT2D eigenvalue weighted by Gasteiger charge is 2.30. The molecule has 4 heteroatoms. The molecule has 3 rings (SSSR count). The van der Waals surface area contributed by atoms with Crippen molar-refractivity contribution in [2.75, 3.05) is 6.54 Å². The molecule has 2 nitrogen and oxygen atoms in total. The molecule has 2 atom stereocenters. The van der Waals surface area contributed by atoms with Gasteiger partial charge in [0.15, 0.2) is 0 Å². The lowest BCUT2D eigenvalue weighted by molar-refractivity contribution is 0.304. The van der Waals surface area contributed by atoms with Gasteiger partial charge in [0.05, 0.1) is 5.02 Å². The van der Waals surface area contributed by atoms with Gasteiger partial charge in [-0.05, 0) is 71.3 Å². The molecule has 0 aromatic carbocycles. The molecule has 18 heavy (non-hydrogen) atoms. The van der Waals surface area contributed by atoms with Gasteiger partial charge >= 0.3 is 0 Å². The third-order valence-electron chi connectivity index (χ3n) is 3.95. The average Bonchev–Trinajstić information content (AvgIpc) is 2.41. The van der Waals surface area contributed by atoms with E-state index >= 15 is 0 Å². The molecule has 2 unspecified atom stereocenters. The van der Waals surface area contributed by atoms with Crippen molar-refractivity contribution >= 4 is 33.1 Å². The summed E-state index contributed by atoms with van der Waals surface area (Å²) in [6.07, 6.45) is 9.38. The summed E-state index contributed by atoms with van der Waals surface area (Å²) in [5.74, 6) is 0.779. The number of halogens is 2. The normalized spacial score (nSPS) is 27.6. The van der Waals surface area contributed by atoms with Crippen LogP contribution in [0.1, 0.15) is 31.2 Å². The minimum atomic E-state index is 0.492. The maximum Gasteiger partial charge on any atom is 0.124 e. The number of hydrogen-bond acceptors (Lipinski definition) is 2. The Morgan fingerprint density at radius 2 is 2.28 bits per heavy atom. The van der Waals surface area contributed by atoms with Gasteiger partial charge in [-0.2, -0.15) is 0 Å². The number of aromatic nitrogens is 1. The average molecular weight is 328 g/mol. The third-order valence-corrected chi connectivity index (χ3v) is 5.10. The first-order valence-corrected chi connectivity index (χ1v) is 7.67. The Bertz CT molecular complexity index is 487. The number of nitrogens with zero attached hydrogens (tertiary/aromatic N) is 1. The number of pyridine rings is 1. The summed E-state index contributed by atoms with van der Waals surface area (Å²) in [4.78, 5) is 4.31. The topological polar surface area (TPSA) is 24.9 Å². The Morgan fingerprint density at radius 1 is 1.39 bits per heavy atom. The maximum atomic E-state index is 6.15. The van der Waals surface area contributed by atoms with E-state index in [1.54, 1.807) is 0 Å². The van der Waals surface area contributed by atoms with Gasteiger partial charge in [0.2, 0.25) is 0 Å². The zero-order chi connectivity index (χ0) is 12.5. The first-order chi connectivity index (χ1) is 8.75. The molecule has 0 spiro atoms. The lowest BCUT2D eigenvalue weighted by atomic mass is 9.77. The molecule has 0 saturated carbocycles. The molecule has 1 aromatic heterocycles. The smallest absolute Gasteiger partial charge is 0.124 e. The van der Waals surface area contributed by atoms with E-state index < -0.39 is 0 Å². The van der Waals surface area contributed by atoms with E-state index in [0.29, 0.717) is 11.1 Å². The molecule has 96 valence electrons. The van der Waals surface area contributed by atoms with Crippen molar-refractivity contribution < 1.29 is 0 Å². The van der Waals surface area contributed by atoms with Crippen LogP contribution in [0.4, 0.5) is 0 Å². The van der Waals surface area contributed by atoms with Crippen LogP contribution in [0.3, 0.4) is 0 Å². The van der Waals surface area contributed by atoms with Crippen LogP contribution in [0.15, 0.2) is 22.9 Å². The summed E-state index contributed by atoms with van der Waals surface area (Å²) in [6.45, 7) is 1.12. The van der Waals surface area contributed by atoms with E-state index in [2.05, 4.69) is 32.3 Å². The predicted octanol–water partition coefficient (Wildman–Crippen LogP) is 4.04. The number of fused-ring (bicyclic) bond motifs is 1. The molecule has 2 aliphatic rings. The van der Waals surface area contributed by atoms with E-state index in [1.807, 2.05) is 12.3 Å². The predicted molar refractivity (Wildman–Crippen MR) is 78.7 cm³/mol. The molecule has 1 aliphatic heterocycles. The van der Waals surface area contributed by atoms with E-state index in [0.717, 1.165) is 22.6 Å². The summed E-state index contributed by atoms with van der Waals surface area (Å²) in [5.41, 5.74) is 2.54. The summed E-state index contributed by atoms with van der Waals surface area (Å²) in [5, 5.41) is 4.34. The first-order valence-electron chi connectivity index (χ1n) is 6.50. The molecule has 0 radical (unpaired) electrons. The lowest BCUT2D eigenvalue weighted by Crippen LogP contribution is -2.43. The van der Waals surface area contributed by atoms with Crippen LogP contribution in [-0.4, -0.2) is 17.6 Å². The van der Waals surface area contributed by atoms with E-state index in [4.69, 9.17) is 11.6 Å². The van der Waals surface area contributed by atoms with Gasteiger partial charge in [-0.15, -0.1) is 0 Å². The number of hydrogen-bond donors (Lipinski definition) is 1. The second-order valence-electron chi connectivity index (χ2n) is 5.07. The van der Waals surface area contributed by atoms with Crippen molar-refractivity contribution in [3.05, 3.63) is 33.5 Å². The van der Waals surface area contributed by atoms with Gasteiger partial charge in [0, 0.05) is 12.2 Å². The second-order valence-corrected chi connectivity index (χ2v) is 6.23. The molecule has 1 fully saturated rings. The van der Waals surface area contributed by atoms with Gasteiger partial charge in [0.1, 0.15) is 4.60 Å². The van der Waals surface area contributed by atoms with E-state index in [9.17, 15) is 0 Å². The Kier molecular flexibility index (Phi) is 3.73. The van der Waals surface area contributed by atoms with Crippen molar-refractivity contribution in [2.24, 2.45) is 5.92 Å². The molecule has 1 saturated heterocycles. The SMILES string of the molecule is Clc1cc(C2=CCCC3CCCNC23)cnc1Br. The van der Waals surface area contributed by atoms with Crippen LogP contribution in [0, 0.1) is 5.92 Å². The van der Waals surface area contributed by atoms with Crippen LogP contribution in [0.2, 0.25) is 5.02 Å². The minimum Gasteiger partial charge on any atom is -0.310 e. The van der Waals surface area contributed by atoms with Gasteiger partial charge in [-0.1, -0.05) is 17.7 Å². The lowest BCUT2D eigenvalue weighted by Gasteiger charge is -2.37. The van der Waals surface area contributed by atoms with Crippen LogP contribution >= 0.6 is 27.5 Å². The fourth-order valence-electron chi connectivity index (χ4n) is 3.09. The Balaban J connectivity index is 1.94. The Labute approximate surface area is 121 Å². The molecular formula is C14H16BrClN2. The maximum absolute atomic E-state index is 6.15. The van der Waals surface area contributed by atoms with Crippen LogP contribution < -0.4 is 5.32 Å². The number of nitrogens with one attached hydrogen (secondary N) is 1. The van der Waals surface area contributed by atoms with E-state index in [1.165, 1.54) is 31.3 Å². The molecule has 2 heterocycles. The highest BCUT2D eigenvalue weighted by atomic mass is 79.9. The van der Waals surface area contributed by atoms with Gasteiger partial charge in [-0.25, -0.2) is 4.98 Å². The number of allylic oxidation sites excluding steroid dienone is 1. The van der Waals surface area contributed by atoms with Crippen molar-refractivity contribution in [3.63, 3.8) is 0 Å². The van der Waals surface area contributed by atoms with Crippen molar-refractivity contribution in [1.82, 2.24) is 10.3 Å². The fraction of sp³-hybridized carbons (Fsp3) is 0.500.